The van der Waals surface area contributed by atoms with E-state index in [0.29, 0.717) is 48.1 Å². The largest absolute Gasteiger partial charge is 0.492 e. The van der Waals surface area contributed by atoms with Gasteiger partial charge in [0, 0.05) is 13.1 Å². The Balaban J connectivity index is 1.50. The second-order valence-electron chi connectivity index (χ2n) is 7.15. The molecule has 9 heteroatoms. The van der Waals surface area contributed by atoms with Crippen molar-refractivity contribution in [3.05, 3.63) is 64.1 Å². The van der Waals surface area contributed by atoms with Crippen LogP contribution in [0.3, 0.4) is 0 Å². The number of halogens is 2. The highest BCUT2D eigenvalue weighted by Gasteiger charge is 2.32. The highest BCUT2D eigenvalue weighted by molar-refractivity contribution is 7.88. The number of carbonyl (C=O) groups is 1. The molecule has 1 aliphatic heterocycles. The Labute approximate surface area is 187 Å². The monoisotopic (exact) mass is 470 g/mol. The number of benzene rings is 2. The summed E-state index contributed by atoms with van der Waals surface area (Å²) < 4.78 is 32.6. The molecular weight excluding hydrogens is 447 g/mol. The Morgan fingerprint density at radius 2 is 1.90 bits per heavy atom. The molecule has 162 valence electrons. The van der Waals surface area contributed by atoms with Crippen molar-refractivity contribution in [1.29, 1.82) is 0 Å². The lowest BCUT2D eigenvalue weighted by Gasteiger charge is -2.31. The first kappa shape index (κ1) is 22.9. The number of amides is 1. The number of rotatable bonds is 8. The fourth-order valence-corrected chi connectivity index (χ4v) is 5.26. The molecule has 0 saturated carbocycles. The minimum atomic E-state index is -3.57. The molecule has 1 atom stereocenters. The van der Waals surface area contributed by atoms with Crippen LogP contribution in [0.15, 0.2) is 48.5 Å². The van der Waals surface area contributed by atoms with E-state index in [4.69, 9.17) is 27.9 Å². The van der Waals surface area contributed by atoms with Crippen LogP contribution in [0.5, 0.6) is 5.75 Å². The van der Waals surface area contributed by atoms with Crippen LogP contribution in [0.1, 0.15) is 18.4 Å². The Morgan fingerprint density at radius 1 is 1.13 bits per heavy atom. The number of hydrogen-bond acceptors (Lipinski definition) is 4. The molecule has 1 amide bonds. The van der Waals surface area contributed by atoms with Crippen LogP contribution in [-0.2, 0) is 20.6 Å². The lowest BCUT2D eigenvalue weighted by molar-refractivity contribution is -0.126. The molecule has 1 fully saturated rings. The van der Waals surface area contributed by atoms with Crippen LogP contribution < -0.4 is 10.1 Å². The number of carbonyl (C=O) groups excluding carboxylic acids is 1. The van der Waals surface area contributed by atoms with Gasteiger partial charge >= 0.3 is 0 Å². The summed E-state index contributed by atoms with van der Waals surface area (Å²) in [6.07, 6.45) is 1.30. The van der Waals surface area contributed by atoms with Crippen molar-refractivity contribution in [1.82, 2.24) is 9.62 Å². The maximum absolute atomic E-state index is 12.8. The summed E-state index contributed by atoms with van der Waals surface area (Å²) in [4.78, 5) is 12.5. The van der Waals surface area contributed by atoms with Crippen molar-refractivity contribution >= 4 is 39.1 Å². The third kappa shape index (κ3) is 6.35. The Bertz CT molecular complexity index is 970. The predicted molar refractivity (Wildman–Crippen MR) is 118 cm³/mol. The molecule has 0 spiro atoms. The van der Waals surface area contributed by atoms with E-state index in [0.717, 1.165) is 5.75 Å². The van der Waals surface area contributed by atoms with Gasteiger partial charge in [0.1, 0.15) is 12.4 Å². The molecule has 3 rings (SSSR count). The van der Waals surface area contributed by atoms with E-state index in [1.54, 1.807) is 18.2 Å². The first-order valence-corrected chi connectivity index (χ1v) is 12.1. The quantitative estimate of drug-likeness (QED) is 0.596. The van der Waals surface area contributed by atoms with E-state index in [2.05, 4.69) is 5.32 Å². The fraction of sp³-hybridized carbons (Fsp3) is 0.381. The summed E-state index contributed by atoms with van der Waals surface area (Å²) in [7, 11) is -3.57. The average molecular weight is 471 g/mol. The molecule has 2 aromatic carbocycles. The van der Waals surface area contributed by atoms with Gasteiger partial charge in [-0.1, -0.05) is 47.5 Å². The summed E-state index contributed by atoms with van der Waals surface area (Å²) in [5, 5.41) is 3.54. The number of ether oxygens (including phenoxy) is 1. The lowest BCUT2D eigenvalue weighted by Crippen LogP contribution is -2.46. The molecular formula is C21H24Cl2N2O4S. The first-order chi connectivity index (χ1) is 14.3. The molecule has 2 aromatic rings. The van der Waals surface area contributed by atoms with Gasteiger partial charge in [0.25, 0.3) is 0 Å². The van der Waals surface area contributed by atoms with Crippen molar-refractivity contribution in [2.75, 3.05) is 26.2 Å². The van der Waals surface area contributed by atoms with Gasteiger partial charge in [-0.3, -0.25) is 4.79 Å². The molecule has 0 radical (unpaired) electrons. The maximum atomic E-state index is 12.8. The van der Waals surface area contributed by atoms with Crippen LogP contribution in [0, 0.1) is 5.92 Å². The number of hydrogen-bond donors (Lipinski definition) is 1. The molecule has 30 heavy (non-hydrogen) atoms. The maximum Gasteiger partial charge on any atom is 0.224 e. The zero-order valence-corrected chi connectivity index (χ0v) is 18.7. The van der Waals surface area contributed by atoms with Gasteiger partial charge in [0.05, 0.1) is 28.3 Å². The molecule has 0 aromatic heterocycles. The Kier molecular flexibility index (Phi) is 7.99. The van der Waals surface area contributed by atoms with E-state index in [9.17, 15) is 13.2 Å². The molecule has 1 heterocycles. The van der Waals surface area contributed by atoms with Gasteiger partial charge in [0.2, 0.25) is 15.9 Å². The minimum absolute atomic E-state index is 0.152. The molecule has 0 unspecified atom stereocenters. The van der Waals surface area contributed by atoms with E-state index in [1.165, 1.54) is 4.31 Å². The molecule has 6 nitrogen and oxygen atoms in total. The van der Waals surface area contributed by atoms with Crippen molar-refractivity contribution in [3.8, 4) is 5.75 Å². The zero-order valence-electron chi connectivity index (χ0n) is 16.4. The average Bonchev–Trinajstić information content (AvgIpc) is 2.74. The summed E-state index contributed by atoms with van der Waals surface area (Å²) in [5.41, 5.74) is 0.564. The van der Waals surface area contributed by atoms with Gasteiger partial charge in [-0.25, -0.2) is 12.7 Å². The first-order valence-electron chi connectivity index (χ1n) is 9.72. The lowest BCUT2D eigenvalue weighted by atomic mass is 9.99. The molecule has 0 bridgehead atoms. The number of sulfonamides is 1. The van der Waals surface area contributed by atoms with Crippen LogP contribution >= 0.6 is 23.2 Å². The van der Waals surface area contributed by atoms with Crippen molar-refractivity contribution < 1.29 is 17.9 Å². The SMILES string of the molecule is O=C(NCCOc1ccccc1)[C@@H]1CCCN(S(=O)(=O)Cc2ccc(Cl)c(Cl)c2)C1. The van der Waals surface area contributed by atoms with Gasteiger partial charge < -0.3 is 10.1 Å². The van der Waals surface area contributed by atoms with E-state index >= 15 is 0 Å². The van der Waals surface area contributed by atoms with Gasteiger partial charge in [0.15, 0.2) is 0 Å². The van der Waals surface area contributed by atoms with Gasteiger partial charge in [-0.2, -0.15) is 0 Å². The summed E-state index contributed by atoms with van der Waals surface area (Å²) in [6, 6.07) is 14.1. The second kappa shape index (κ2) is 10.5. The number of para-hydroxylation sites is 1. The van der Waals surface area contributed by atoms with Crippen molar-refractivity contribution in [2.24, 2.45) is 5.92 Å². The summed E-state index contributed by atoms with van der Waals surface area (Å²) in [6.45, 7) is 1.29. The smallest absolute Gasteiger partial charge is 0.224 e. The minimum Gasteiger partial charge on any atom is -0.492 e. The molecule has 1 saturated heterocycles. The normalized spacial score (nSPS) is 17.5. The summed E-state index contributed by atoms with van der Waals surface area (Å²) >= 11 is 11.9. The molecule has 0 aliphatic carbocycles. The van der Waals surface area contributed by atoms with Gasteiger partial charge in [-0.15, -0.1) is 0 Å². The zero-order chi connectivity index (χ0) is 21.6. The fourth-order valence-electron chi connectivity index (χ4n) is 3.34. The topological polar surface area (TPSA) is 75.7 Å². The molecule has 1 N–H and O–H groups in total. The van der Waals surface area contributed by atoms with E-state index in [-0.39, 0.29) is 24.1 Å². The third-order valence-electron chi connectivity index (χ3n) is 4.89. The Morgan fingerprint density at radius 3 is 2.63 bits per heavy atom. The van der Waals surface area contributed by atoms with Crippen LogP contribution in [0.4, 0.5) is 0 Å². The molecule has 1 aliphatic rings. The van der Waals surface area contributed by atoms with Crippen LogP contribution in [0.2, 0.25) is 10.0 Å². The van der Waals surface area contributed by atoms with E-state index < -0.39 is 10.0 Å². The third-order valence-corrected chi connectivity index (χ3v) is 7.45. The Hall–Kier alpha value is -1.80. The standard InChI is InChI=1S/C21H24Cl2N2O4S/c22-19-9-8-16(13-20(19)23)15-30(27,28)25-11-4-5-17(14-25)21(26)24-10-12-29-18-6-2-1-3-7-18/h1-3,6-9,13,17H,4-5,10-12,14-15H2,(H,24,26)/t17-/m1/s1. The summed E-state index contributed by atoms with van der Waals surface area (Å²) in [5.74, 6) is 0.0347. The highest BCUT2D eigenvalue weighted by Crippen LogP contribution is 2.26. The van der Waals surface area contributed by atoms with Crippen molar-refractivity contribution in [3.63, 3.8) is 0 Å². The van der Waals surface area contributed by atoms with Crippen molar-refractivity contribution in [2.45, 2.75) is 18.6 Å². The number of nitrogens with zero attached hydrogens (tertiary/aromatic N) is 1. The number of piperidine rings is 1. The second-order valence-corrected chi connectivity index (χ2v) is 9.94. The number of nitrogens with one attached hydrogen (secondary N) is 1. The predicted octanol–water partition coefficient (Wildman–Crippen LogP) is 3.73. The van der Waals surface area contributed by atoms with E-state index in [1.807, 2.05) is 30.3 Å². The van der Waals surface area contributed by atoms with Crippen LogP contribution in [-0.4, -0.2) is 44.9 Å². The van der Waals surface area contributed by atoms with Gasteiger partial charge in [-0.05, 0) is 42.7 Å². The highest BCUT2D eigenvalue weighted by atomic mass is 35.5. The van der Waals surface area contributed by atoms with Crippen LogP contribution in [0.25, 0.3) is 0 Å².